The van der Waals surface area contributed by atoms with E-state index in [-0.39, 0.29) is 50.5 Å². The van der Waals surface area contributed by atoms with Gasteiger partial charge in [-0.15, -0.1) is 0 Å². The second kappa shape index (κ2) is 31.1. The number of aliphatic hydroxyl groups excluding tert-OH is 1. The number of aromatic nitrogens is 1. The zero-order chi connectivity index (χ0) is 57.3. The molecule has 26 nitrogen and oxygen atoms in total. The first-order valence-corrected chi connectivity index (χ1v) is 25.1. The summed E-state index contributed by atoms with van der Waals surface area (Å²) in [6.07, 6.45) is 1.15. The number of primary amides is 2. The number of hydrogen-bond acceptors (Lipinski definition) is 12. The highest BCUT2D eigenvalue weighted by molar-refractivity contribution is 5.98. The van der Waals surface area contributed by atoms with Crippen molar-refractivity contribution in [3.8, 4) is 0 Å². The van der Waals surface area contributed by atoms with E-state index in [9.17, 15) is 53.1 Å². The average Bonchev–Trinajstić information content (AvgIpc) is 3.81. The average molecular weight is 1080 g/mol. The van der Waals surface area contributed by atoms with Crippen LogP contribution in [0, 0.1) is 5.92 Å². The number of aliphatic hydroxyl groups is 1. The number of nitrogens with two attached hydrogens (primary N) is 3. The number of para-hydroxylation sites is 1. The van der Waals surface area contributed by atoms with Gasteiger partial charge in [0.1, 0.15) is 42.3 Å². The molecule has 0 aliphatic heterocycles. The van der Waals surface area contributed by atoms with E-state index in [4.69, 9.17) is 17.2 Å². The Morgan fingerprint density at radius 1 is 0.577 bits per heavy atom. The second-order valence-electron chi connectivity index (χ2n) is 18.7. The number of guanidine groups is 1. The molecule has 0 bridgehead atoms. The lowest BCUT2D eigenvalue weighted by atomic mass is 10.0. The van der Waals surface area contributed by atoms with Crippen LogP contribution in [0.25, 0.3) is 10.9 Å². The van der Waals surface area contributed by atoms with Crippen molar-refractivity contribution >= 4 is 76.1 Å². The zero-order valence-electron chi connectivity index (χ0n) is 43.9. The molecule has 0 saturated carbocycles. The quantitative estimate of drug-likeness (QED) is 0.0116. The largest absolute Gasteiger partial charge is 0.394 e. The fourth-order valence-electron chi connectivity index (χ4n) is 8.05. The van der Waals surface area contributed by atoms with Crippen LogP contribution in [-0.2, 0) is 62.4 Å². The maximum atomic E-state index is 14.0. The van der Waals surface area contributed by atoms with Gasteiger partial charge >= 0.3 is 6.03 Å². The number of hydrogen-bond donors (Lipinski definition) is 15. The molecular formula is C52H71N15O11. The van der Waals surface area contributed by atoms with Crippen molar-refractivity contribution in [3.63, 3.8) is 0 Å². The number of urea groups is 1. The number of hydrazine groups is 1. The fraction of sp³-hybridized carbons (Fsp3) is 0.404. The van der Waals surface area contributed by atoms with Gasteiger partial charge in [-0.25, -0.2) is 10.2 Å². The molecule has 3 aromatic carbocycles. The Balaban J connectivity index is 1.46. The van der Waals surface area contributed by atoms with Crippen LogP contribution in [-0.4, -0.2) is 138 Å². The number of benzene rings is 3. The number of H-pyrrole nitrogens is 1. The molecule has 0 aliphatic carbocycles. The lowest BCUT2D eigenvalue weighted by molar-refractivity contribution is -0.136. The van der Waals surface area contributed by atoms with Crippen molar-refractivity contribution in [2.75, 3.05) is 20.2 Å². The van der Waals surface area contributed by atoms with Crippen LogP contribution in [0.2, 0.25) is 0 Å². The van der Waals surface area contributed by atoms with Gasteiger partial charge in [0.2, 0.25) is 47.3 Å². The minimum Gasteiger partial charge on any atom is -0.394 e. The molecule has 4 rings (SSSR count). The van der Waals surface area contributed by atoms with Crippen molar-refractivity contribution in [1.29, 1.82) is 0 Å². The summed E-state index contributed by atoms with van der Waals surface area (Å²) in [4.78, 5) is 140. The molecule has 0 spiro atoms. The molecule has 420 valence electrons. The summed E-state index contributed by atoms with van der Waals surface area (Å²) in [5.74, 6) is -8.04. The van der Waals surface area contributed by atoms with E-state index in [1.807, 2.05) is 18.2 Å². The minimum absolute atomic E-state index is 0.0274. The van der Waals surface area contributed by atoms with Crippen molar-refractivity contribution in [3.05, 3.63) is 108 Å². The number of aromatic amines is 1. The molecule has 0 aliphatic rings. The topological polar surface area (TPSA) is 417 Å². The van der Waals surface area contributed by atoms with E-state index >= 15 is 0 Å². The Kier molecular flexibility index (Phi) is 24.5. The minimum atomic E-state index is -1.78. The van der Waals surface area contributed by atoms with Gasteiger partial charge in [-0.05, 0) is 47.9 Å². The first-order valence-electron chi connectivity index (χ1n) is 25.1. The molecule has 0 fully saturated rings. The van der Waals surface area contributed by atoms with Crippen LogP contribution in [0.3, 0.4) is 0 Å². The molecule has 18 N–H and O–H groups in total. The zero-order valence-corrected chi connectivity index (χ0v) is 43.9. The molecule has 1 heterocycles. The lowest BCUT2D eigenvalue weighted by Gasteiger charge is -2.26. The first kappa shape index (κ1) is 61.5. The van der Waals surface area contributed by atoms with Gasteiger partial charge in [-0.2, -0.15) is 0 Å². The van der Waals surface area contributed by atoms with Gasteiger partial charge < -0.3 is 69.8 Å². The third kappa shape index (κ3) is 20.6. The Morgan fingerprint density at radius 2 is 1.09 bits per heavy atom. The highest BCUT2D eigenvalue weighted by atomic mass is 16.3. The molecule has 4 aromatic rings. The molecule has 26 heteroatoms. The number of amides is 11. The van der Waals surface area contributed by atoms with Crippen molar-refractivity contribution in [1.82, 2.24) is 58.4 Å². The molecule has 0 radical (unpaired) electrons. The summed E-state index contributed by atoms with van der Waals surface area (Å²) >= 11 is 0. The summed E-state index contributed by atoms with van der Waals surface area (Å²) in [5, 5.41) is 31.5. The lowest BCUT2D eigenvalue weighted by Crippen LogP contribution is -2.61. The number of carbonyl (C=O) groups excluding carboxylic acids is 10. The van der Waals surface area contributed by atoms with E-state index in [0.717, 1.165) is 16.5 Å². The summed E-state index contributed by atoms with van der Waals surface area (Å²) in [5.41, 5.74) is 23.9. The monoisotopic (exact) mass is 1080 g/mol. The van der Waals surface area contributed by atoms with E-state index < -0.39 is 115 Å². The third-order valence-electron chi connectivity index (χ3n) is 12.0. The number of carbonyl (C=O) groups is 10. The normalized spacial score (nSPS) is 13.9. The van der Waals surface area contributed by atoms with Crippen LogP contribution < -0.4 is 70.6 Å². The number of nitrogens with zero attached hydrogens (tertiary/aromatic N) is 1. The smallest absolute Gasteiger partial charge is 0.334 e. The summed E-state index contributed by atoms with van der Waals surface area (Å²) in [6.45, 7) is 3.98. The Bertz CT molecular complexity index is 2740. The van der Waals surface area contributed by atoms with Crippen LogP contribution in [0.1, 0.15) is 63.1 Å². The maximum Gasteiger partial charge on any atom is 0.334 e. The Morgan fingerprint density at radius 3 is 1.68 bits per heavy atom. The van der Waals surface area contributed by atoms with E-state index in [1.54, 1.807) is 86.8 Å². The molecule has 1 aromatic heterocycles. The number of nitrogens with one attached hydrogen (secondary N) is 11. The predicted molar refractivity (Wildman–Crippen MR) is 287 cm³/mol. The van der Waals surface area contributed by atoms with Gasteiger partial charge in [-0.3, -0.25) is 53.6 Å². The highest BCUT2D eigenvalue weighted by Gasteiger charge is 2.34. The molecule has 11 amide bonds. The fourth-order valence-corrected chi connectivity index (χ4v) is 8.05. The van der Waals surface area contributed by atoms with Gasteiger partial charge in [0.05, 0.1) is 13.0 Å². The molecule has 7 atom stereocenters. The van der Waals surface area contributed by atoms with Gasteiger partial charge in [0, 0.05) is 56.9 Å². The van der Waals surface area contributed by atoms with Crippen molar-refractivity contribution < 1.29 is 53.1 Å². The van der Waals surface area contributed by atoms with Gasteiger partial charge in [0.25, 0.3) is 5.91 Å². The number of rotatable bonds is 29. The van der Waals surface area contributed by atoms with E-state index in [2.05, 4.69) is 63.4 Å². The second-order valence-corrected chi connectivity index (χ2v) is 18.7. The summed E-state index contributed by atoms with van der Waals surface area (Å²) in [7, 11) is 1.48. The summed E-state index contributed by atoms with van der Waals surface area (Å²) in [6, 6.07) is 13.5. The molecule has 78 heavy (non-hydrogen) atoms. The van der Waals surface area contributed by atoms with Gasteiger partial charge in [-0.1, -0.05) is 92.7 Å². The first-order chi connectivity index (χ1) is 37.2. The van der Waals surface area contributed by atoms with Gasteiger partial charge in [0.15, 0.2) is 5.96 Å². The van der Waals surface area contributed by atoms with Crippen LogP contribution in [0.4, 0.5) is 4.79 Å². The number of fused-ring (bicyclic) bond motifs is 1. The Hall–Kier alpha value is -9.07. The molecule has 0 unspecified atom stereocenters. The predicted octanol–water partition coefficient (Wildman–Crippen LogP) is -2.46. The number of aliphatic imine (C=N–C) groups is 1. The molecule has 0 saturated heterocycles. The maximum absolute atomic E-state index is 14.0. The highest BCUT2D eigenvalue weighted by Crippen LogP contribution is 2.19. The standard InChI is InChI=1S/C52H71N15O11/c1-29(2)22-38(46(73)60-36(20-13-21-57-51(55)56-4)45(72)61-37(44(54)71)23-31-14-7-5-8-15-31)65-52(78)67-66-50(77)39(24-32-16-9-6-10-17-32)62-49(76)42(28-68)64-48(75)41(26-43(53)70)63-47(74)40(59-30(3)69)25-33-27-58-35-19-12-11-18-34(33)35/h5-12,14-19,27,29,36-42,58,68H,13,20-26,28H2,1-4H3,(H2,53,70)(H2,54,71)(H,59,69)(H,60,73)(H,61,72)(H,62,76)(H,63,74)(H,64,75)(H,66,77)(H3,55,56,57)(H2,65,67,78)/t36-,37-,38-,39-,40-,41-,42-/m0/s1. The van der Waals surface area contributed by atoms with Crippen LogP contribution in [0.5, 0.6) is 0 Å². The molecular weight excluding hydrogens is 1010 g/mol. The van der Waals surface area contributed by atoms with E-state index in [1.165, 1.54) is 14.0 Å². The van der Waals surface area contributed by atoms with Crippen LogP contribution >= 0.6 is 0 Å². The van der Waals surface area contributed by atoms with Crippen molar-refractivity contribution in [2.24, 2.45) is 28.1 Å². The van der Waals surface area contributed by atoms with Crippen LogP contribution in [0.15, 0.2) is 96.1 Å². The SMILES string of the molecule is CN=C(N)NCCC[C@H](NC(=O)[C@H](CC(C)C)NC(=O)NNC(=O)[C@H](Cc1ccccc1)NC(=O)[C@H](CO)NC(=O)[C@H](CC(N)=O)NC(=O)[C@H](Cc1c[nH]c2ccccc12)NC(C)=O)C(=O)N[C@@H](Cc1ccccc1)C(N)=O. The Labute approximate surface area is 450 Å². The third-order valence-corrected chi connectivity index (χ3v) is 12.0. The van der Waals surface area contributed by atoms with Crippen molar-refractivity contribution in [2.45, 2.75) is 108 Å². The summed E-state index contributed by atoms with van der Waals surface area (Å²) < 4.78 is 0. The van der Waals surface area contributed by atoms with E-state index in [0.29, 0.717) is 17.5 Å².